The fourth-order valence-corrected chi connectivity index (χ4v) is 3.75. The quantitative estimate of drug-likeness (QED) is 0.564. The van der Waals surface area contributed by atoms with Crippen LogP contribution in [0, 0.1) is 6.92 Å². The summed E-state index contributed by atoms with van der Waals surface area (Å²) < 4.78 is 7.25. The number of thiophene rings is 1. The molecule has 0 aliphatic carbocycles. The molecule has 2 N–H and O–H groups in total. The van der Waals surface area contributed by atoms with Gasteiger partial charge in [-0.2, -0.15) is 0 Å². The van der Waals surface area contributed by atoms with Crippen molar-refractivity contribution in [1.29, 1.82) is 0 Å². The van der Waals surface area contributed by atoms with Crippen molar-refractivity contribution >= 4 is 32.4 Å². The van der Waals surface area contributed by atoms with E-state index in [1.807, 2.05) is 6.07 Å². The Bertz CT molecular complexity index is 902. The lowest BCUT2D eigenvalue weighted by atomic mass is 10.1. The van der Waals surface area contributed by atoms with Gasteiger partial charge in [0.1, 0.15) is 11.3 Å². The van der Waals surface area contributed by atoms with Crippen molar-refractivity contribution in [3.63, 3.8) is 0 Å². The second kappa shape index (κ2) is 4.72. The molecule has 2 heterocycles. The van der Waals surface area contributed by atoms with Crippen LogP contribution in [-0.4, -0.2) is 0 Å². The Kier molecular flexibility index (Phi) is 2.84. The van der Waals surface area contributed by atoms with E-state index in [1.54, 1.807) is 11.3 Å². The monoisotopic (exact) mass is 293 g/mol. The van der Waals surface area contributed by atoms with Crippen LogP contribution in [0.3, 0.4) is 0 Å². The van der Waals surface area contributed by atoms with E-state index >= 15 is 0 Å². The minimum absolute atomic E-state index is 0.214. The van der Waals surface area contributed by atoms with Crippen LogP contribution in [0.4, 0.5) is 0 Å². The van der Waals surface area contributed by atoms with Crippen LogP contribution < -0.4 is 5.73 Å². The summed E-state index contributed by atoms with van der Waals surface area (Å²) in [5.41, 5.74) is 8.49. The molecule has 2 aromatic heterocycles. The number of furan rings is 1. The topological polar surface area (TPSA) is 39.2 Å². The molecule has 4 rings (SSSR count). The lowest BCUT2D eigenvalue weighted by Gasteiger charge is -2.04. The maximum Gasteiger partial charge on any atom is 0.137 e. The van der Waals surface area contributed by atoms with E-state index < -0.39 is 0 Å². The van der Waals surface area contributed by atoms with Crippen molar-refractivity contribution in [3.8, 4) is 0 Å². The van der Waals surface area contributed by atoms with Gasteiger partial charge < -0.3 is 10.2 Å². The predicted molar refractivity (Wildman–Crippen MR) is 88.8 cm³/mol. The van der Waals surface area contributed by atoms with Gasteiger partial charge in [-0.05, 0) is 36.1 Å². The van der Waals surface area contributed by atoms with Gasteiger partial charge in [-0.3, -0.25) is 0 Å². The molecule has 0 saturated heterocycles. The van der Waals surface area contributed by atoms with E-state index in [4.69, 9.17) is 10.2 Å². The van der Waals surface area contributed by atoms with E-state index in [0.29, 0.717) is 0 Å². The Labute approximate surface area is 126 Å². The molecule has 1 unspecified atom stereocenters. The highest BCUT2D eigenvalue weighted by Gasteiger charge is 2.17. The summed E-state index contributed by atoms with van der Waals surface area (Å²) >= 11 is 1.73. The lowest BCUT2D eigenvalue weighted by molar-refractivity contribution is 0.526. The highest BCUT2D eigenvalue weighted by Crippen LogP contribution is 2.34. The zero-order valence-corrected chi connectivity index (χ0v) is 12.5. The van der Waals surface area contributed by atoms with Crippen LogP contribution in [0.15, 0.2) is 59.0 Å². The minimum atomic E-state index is -0.214. The first kappa shape index (κ1) is 12.6. The summed E-state index contributed by atoms with van der Waals surface area (Å²) in [6.07, 6.45) is 0. The van der Waals surface area contributed by atoms with Crippen molar-refractivity contribution in [3.05, 3.63) is 70.8 Å². The molecule has 104 valence electrons. The molecule has 4 aromatic rings. The first-order valence-electron chi connectivity index (χ1n) is 6.95. The van der Waals surface area contributed by atoms with Crippen LogP contribution in [-0.2, 0) is 0 Å². The van der Waals surface area contributed by atoms with Gasteiger partial charge in [0, 0.05) is 15.0 Å². The number of nitrogens with two attached hydrogens (primary N) is 1. The molecule has 2 aromatic carbocycles. The molecule has 2 nitrogen and oxygen atoms in total. The number of hydrogen-bond donors (Lipinski definition) is 1. The van der Waals surface area contributed by atoms with Crippen LogP contribution in [0.1, 0.15) is 22.2 Å². The Morgan fingerprint density at radius 2 is 1.81 bits per heavy atom. The van der Waals surface area contributed by atoms with Crippen molar-refractivity contribution in [2.75, 3.05) is 0 Å². The Hall–Kier alpha value is -2.10. The maximum atomic E-state index is 6.41. The van der Waals surface area contributed by atoms with Gasteiger partial charge in [0.15, 0.2) is 0 Å². The normalized spacial score (nSPS) is 13.0. The van der Waals surface area contributed by atoms with E-state index in [0.717, 1.165) is 27.2 Å². The van der Waals surface area contributed by atoms with Crippen molar-refractivity contribution < 1.29 is 4.42 Å². The lowest BCUT2D eigenvalue weighted by Crippen LogP contribution is -2.08. The largest absolute Gasteiger partial charge is 0.459 e. The third-order valence-corrected chi connectivity index (χ3v) is 5.02. The summed E-state index contributed by atoms with van der Waals surface area (Å²) in [7, 11) is 0. The summed E-state index contributed by atoms with van der Waals surface area (Å²) in [5.74, 6) is 0.825. The fraction of sp³-hybridized carbons (Fsp3) is 0.111. The second-order valence-electron chi connectivity index (χ2n) is 5.31. The van der Waals surface area contributed by atoms with E-state index in [-0.39, 0.29) is 6.04 Å². The highest BCUT2D eigenvalue weighted by atomic mass is 32.1. The number of hydrogen-bond acceptors (Lipinski definition) is 3. The minimum Gasteiger partial charge on any atom is -0.459 e. The number of fused-ring (bicyclic) bond motifs is 2. The molecule has 0 fully saturated rings. The fourth-order valence-electron chi connectivity index (χ4n) is 2.68. The average Bonchev–Trinajstić information content (AvgIpc) is 3.11. The number of benzene rings is 2. The zero-order chi connectivity index (χ0) is 14.4. The van der Waals surface area contributed by atoms with Gasteiger partial charge in [-0.15, -0.1) is 11.3 Å². The molecule has 0 radical (unpaired) electrons. The molecule has 0 amide bonds. The molecule has 3 heteroatoms. The van der Waals surface area contributed by atoms with Crippen molar-refractivity contribution in [1.82, 2.24) is 0 Å². The van der Waals surface area contributed by atoms with Crippen LogP contribution in [0.2, 0.25) is 0 Å². The first-order valence-corrected chi connectivity index (χ1v) is 7.77. The summed E-state index contributed by atoms with van der Waals surface area (Å²) in [5, 5.41) is 2.35. The van der Waals surface area contributed by atoms with Gasteiger partial charge in [0.05, 0.1) is 6.04 Å². The Morgan fingerprint density at radius 1 is 1.00 bits per heavy atom. The first-order chi connectivity index (χ1) is 10.2. The summed E-state index contributed by atoms with van der Waals surface area (Å²) in [6.45, 7) is 2.06. The predicted octanol–water partition coefficient (Wildman–Crippen LogP) is 5.00. The van der Waals surface area contributed by atoms with Crippen LogP contribution in [0.5, 0.6) is 0 Å². The van der Waals surface area contributed by atoms with Gasteiger partial charge in [0.2, 0.25) is 0 Å². The van der Waals surface area contributed by atoms with Crippen LogP contribution in [0.25, 0.3) is 21.1 Å². The van der Waals surface area contributed by atoms with Crippen molar-refractivity contribution in [2.45, 2.75) is 13.0 Å². The molecule has 21 heavy (non-hydrogen) atoms. The number of para-hydroxylation sites is 1. The molecule has 0 saturated carbocycles. The van der Waals surface area contributed by atoms with Crippen molar-refractivity contribution in [2.24, 2.45) is 5.73 Å². The number of aryl methyl sites for hydroxylation is 1. The summed E-state index contributed by atoms with van der Waals surface area (Å²) in [6, 6.07) is 18.5. The molecule has 1 atom stereocenters. The molecule has 0 aliphatic rings. The van der Waals surface area contributed by atoms with E-state index in [2.05, 4.69) is 55.5 Å². The Balaban J connectivity index is 1.81. The standard InChI is InChI=1S/C18H15NOS/c1-11-5-4-7-13-9-14(20-18(11)13)17(19)16-10-12-6-2-3-8-15(12)21-16/h2-10,17H,19H2,1H3. The van der Waals surface area contributed by atoms with Gasteiger partial charge in [-0.25, -0.2) is 0 Å². The molecular formula is C18H15NOS. The van der Waals surface area contributed by atoms with Gasteiger partial charge in [0.25, 0.3) is 0 Å². The van der Waals surface area contributed by atoms with Gasteiger partial charge in [-0.1, -0.05) is 36.4 Å². The number of rotatable bonds is 2. The van der Waals surface area contributed by atoms with E-state index in [9.17, 15) is 0 Å². The molecule has 0 spiro atoms. The molecule has 0 bridgehead atoms. The highest BCUT2D eigenvalue weighted by molar-refractivity contribution is 7.19. The van der Waals surface area contributed by atoms with Crippen LogP contribution >= 0.6 is 11.3 Å². The smallest absolute Gasteiger partial charge is 0.137 e. The third kappa shape index (κ3) is 2.06. The van der Waals surface area contributed by atoms with Gasteiger partial charge >= 0.3 is 0 Å². The average molecular weight is 293 g/mol. The van der Waals surface area contributed by atoms with E-state index in [1.165, 1.54) is 10.1 Å². The second-order valence-corrected chi connectivity index (χ2v) is 6.42. The summed E-state index contributed by atoms with van der Waals surface area (Å²) in [4.78, 5) is 1.13. The molecule has 0 aliphatic heterocycles. The third-order valence-electron chi connectivity index (χ3n) is 3.82. The molecular weight excluding hydrogens is 278 g/mol. The SMILES string of the molecule is Cc1cccc2cc(C(N)c3cc4ccccc4s3)oc12. The zero-order valence-electron chi connectivity index (χ0n) is 11.7. The Morgan fingerprint density at radius 3 is 2.62 bits per heavy atom. The maximum absolute atomic E-state index is 6.41.